The fraction of sp³-hybridized carbons (Fsp3) is 0.111. The number of phenols is 1. The summed E-state index contributed by atoms with van der Waals surface area (Å²) in [6, 6.07) is 13.9. The Morgan fingerprint density at radius 2 is 1.67 bits per heavy atom. The SMILES string of the molecule is Cc1cc(C(F)(F)F)ccc1/N=N/c1c(O)ccc2ccccc12. The molecule has 3 rings (SSSR count). The molecule has 0 aromatic heterocycles. The van der Waals surface area contributed by atoms with Crippen LogP contribution in [0.3, 0.4) is 0 Å². The molecule has 0 aliphatic carbocycles. The summed E-state index contributed by atoms with van der Waals surface area (Å²) in [6.07, 6.45) is -4.39. The monoisotopic (exact) mass is 330 g/mol. The number of aromatic hydroxyl groups is 1. The second-order valence-electron chi connectivity index (χ2n) is 5.35. The van der Waals surface area contributed by atoms with Gasteiger partial charge in [0.15, 0.2) is 0 Å². The normalized spacial score (nSPS) is 12.2. The standard InChI is InChI=1S/C18H13F3N2O/c1-11-10-13(18(19,20)21)7-8-15(11)22-23-17-14-5-3-2-4-12(14)6-9-16(17)24/h2-10,24H,1H3/b23-22+. The van der Waals surface area contributed by atoms with Crippen molar-refractivity contribution in [1.82, 2.24) is 0 Å². The van der Waals surface area contributed by atoms with Gasteiger partial charge in [-0.1, -0.05) is 30.3 Å². The summed E-state index contributed by atoms with van der Waals surface area (Å²) < 4.78 is 38.1. The summed E-state index contributed by atoms with van der Waals surface area (Å²) in [7, 11) is 0. The van der Waals surface area contributed by atoms with E-state index in [1.165, 1.54) is 19.1 Å². The van der Waals surface area contributed by atoms with Crippen LogP contribution in [0.5, 0.6) is 5.75 Å². The third-order valence-corrected chi connectivity index (χ3v) is 3.66. The maximum absolute atomic E-state index is 12.7. The van der Waals surface area contributed by atoms with Gasteiger partial charge < -0.3 is 5.11 Å². The highest BCUT2D eigenvalue weighted by molar-refractivity contribution is 5.95. The number of rotatable bonds is 2. The van der Waals surface area contributed by atoms with Crippen molar-refractivity contribution in [2.24, 2.45) is 10.2 Å². The van der Waals surface area contributed by atoms with Gasteiger partial charge in [0.2, 0.25) is 0 Å². The Hall–Kier alpha value is -2.89. The van der Waals surface area contributed by atoms with Gasteiger partial charge in [-0.3, -0.25) is 0 Å². The average molecular weight is 330 g/mol. The van der Waals surface area contributed by atoms with E-state index in [-0.39, 0.29) is 11.4 Å². The Morgan fingerprint density at radius 3 is 2.38 bits per heavy atom. The van der Waals surface area contributed by atoms with Crippen molar-refractivity contribution < 1.29 is 18.3 Å². The molecule has 0 amide bonds. The van der Waals surface area contributed by atoms with E-state index in [4.69, 9.17) is 0 Å². The van der Waals surface area contributed by atoms with Crippen LogP contribution in [0.2, 0.25) is 0 Å². The van der Waals surface area contributed by atoms with Crippen LogP contribution in [0.25, 0.3) is 10.8 Å². The lowest BCUT2D eigenvalue weighted by molar-refractivity contribution is -0.137. The van der Waals surface area contributed by atoms with Gasteiger partial charge in [-0.25, -0.2) is 0 Å². The zero-order chi connectivity index (χ0) is 17.3. The molecular formula is C18H13F3N2O. The minimum absolute atomic E-state index is 0.0398. The van der Waals surface area contributed by atoms with Gasteiger partial charge in [-0.15, -0.1) is 5.11 Å². The molecule has 0 saturated heterocycles. The number of hydrogen-bond donors (Lipinski definition) is 1. The van der Waals surface area contributed by atoms with Gasteiger partial charge in [-0.2, -0.15) is 18.3 Å². The van der Waals surface area contributed by atoms with E-state index in [1.807, 2.05) is 18.2 Å². The molecule has 0 aliphatic heterocycles. The third-order valence-electron chi connectivity index (χ3n) is 3.66. The molecule has 122 valence electrons. The molecule has 0 atom stereocenters. The highest BCUT2D eigenvalue weighted by Crippen LogP contribution is 2.37. The number of hydrogen-bond acceptors (Lipinski definition) is 3. The number of aryl methyl sites for hydroxylation is 1. The molecule has 3 aromatic carbocycles. The molecule has 0 bridgehead atoms. The maximum Gasteiger partial charge on any atom is 0.416 e. The fourth-order valence-corrected chi connectivity index (χ4v) is 2.40. The first-order valence-corrected chi connectivity index (χ1v) is 7.16. The van der Waals surface area contributed by atoms with Crippen molar-refractivity contribution in [3.8, 4) is 5.75 Å². The highest BCUT2D eigenvalue weighted by atomic mass is 19.4. The molecule has 6 heteroatoms. The topological polar surface area (TPSA) is 45.0 Å². The molecule has 0 aliphatic rings. The predicted octanol–water partition coefficient (Wildman–Crippen LogP) is 6.29. The molecular weight excluding hydrogens is 317 g/mol. The summed E-state index contributed by atoms with van der Waals surface area (Å²) in [4.78, 5) is 0. The molecule has 0 spiro atoms. The Bertz CT molecular complexity index is 933. The minimum atomic E-state index is -4.39. The van der Waals surface area contributed by atoms with Gasteiger partial charge >= 0.3 is 6.18 Å². The van der Waals surface area contributed by atoms with Crippen LogP contribution in [-0.2, 0) is 6.18 Å². The first-order chi connectivity index (χ1) is 11.4. The Balaban J connectivity index is 2.02. The van der Waals surface area contributed by atoms with E-state index >= 15 is 0 Å². The number of phenolic OH excluding ortho intramolecular Hbond substituents is 1. The fourth-order valence-electron chi connectivity index (χ4n) is 2.40. The summed E-state index contributed by atoms with van der Waals surface area (Å²) in [5.74, 6) is -0.0398. The molecule has 0 saturated carbocycles. The zero-order valence-corrected chi connectivity index (χ0v) is 12.7. The van der Waals surface area contributed by atoms with Gasteiger partial charge in [-0.05, 0) is 42.1 Å². The number of nitrogens with zero attached hydrogens (tertiary/aromatic N) is 2. The first kappa shape index (κ1) is 16.0. The molecule has 3 aromatic rings. The van der Waals surface area contributed by atoms with Crippen molar-refractivity contribution in [2.75, 3.05) is 0 Å². The average Bonchev–Trinajstić information content (AvgIpc) is 2.54. The molecule has 0 fully saturated rings. The van der Waals surface area contributed by atoms with E-state index in [1.54, 1.807) is 12.1 Å². The van der Waals surface area contributed by atoms with Crippen molar-refractivity contribution >= 4 is 22.1 Å². The maximum atomic E-state index is 12.7. The van der Waals surface area contributed by atoms with E-state index in [2.05, 4.69) is 10.2 Å². The number of azo groups is 1. The van der Waals surface area contributed by atoms with E-state index in [0.29, 0.717) is 16.6 Å². The Labute approximate surface area is 136 Å². The smallest absolute Gasteiger partial charge is 0.416 e. The quantitative estimate of drug-likeness (QED) is 0.551. The first-order valence-electron chi connectivity index (χ1n) is 7.16. The van der Waals surface area contributed by atoms with E-state index < -0.39 is 11.7 Å². The van der Waals surface area contributed by atoms with Crippen molar-refractivity contribution in [3.05, 3.63) is 65.7 Å². The summed E-state index contributed by atoms with van der Waals surface area (Å²) in [5.41, 5.74) is 0.225. The number of fused-ring (bicyclic) bond motifs is 1. The second-order valence-corrected chi connectivity index (χ2v) is 5.35. The van der Waals surface area contributed by atoms with E-state index in [9.17, 15) is 18.3 Å². The van der Waals surface area contributed by atoms with Crippen LogP contribution < -0.4 is 0 Å². The van der Waals surface area contributed by atoms with E-state index in [0.717, 1.165) is 17.5 Å². The molecule has 0 heterocycles. The molecule has 0 radical (unpaired) electrons. The number of alkyl halides is 3. The van der Waals surface area contributed by atoms with Crippen LogP contribution in [-0.4, -0.2) is 5.11 Å². The highest BCUT2D eigenvalue weighted by Gasteiger charge is 2.30. The van der Waals surface area contributed by atoms with Gasteiger partial charge in [0, 0.05) is 5.39 Å². The van der Waals surface area contributed by atoms with Gasteiger partial charge in [0.25, 0.3) is 0 Å². The number of benzene rings is 3. The van der Waals surface area contributed by atoms with Crippen molar-refractivity contribution in [3.63, 3.8) is 0 Å². The van der Waals surface area contributed by atoms with Gasteiger partial charge in [0.05, 0.1) is 11.3 Å². The Morgan fingerprint density at radius 1 is 0.917 bits per heavy atom. The lowest BCUT2D eigenvalue weighted by Crippen LogP contribution is -2.04. The second kappa shape index (κ2) is 5.96. The van der Waals surface area contributed by atoms with Crippen molar-refractivity contribution in [2.45, 2.75) is 13.1 Å². The zero-order valence-electron chi connectivity index (χ0n) is 12.7. The summed E-state index contributed by atoms with van der Waals surface area (Å²) in [5, 5.41) is 19.7. The third kappa shape index (κ3) is 3.08. The Kier molecular flexibility index (Phi) is 3.97. The summed E-state index contributed by atoms with van der Waals surface area (Å²) >= 11 is 0. The predicted molar refractivity (Wildman–Crippen MR) is 86.0 cm³/mol. The van der Waals surface area contributed by atoms with Crippen LogP contribution >= 0.6 is 0 Å². The van der Waals surface area contributed by atoms with Crippen LogP contribution in [0.15, 0.2) is 64.8 Å². The lowest BCUT2D eigenvalue weighted by Gasteiger charge is -2.08. The van der Waals surface area contributed by atoms with Crippen molar-refractivity contribution in [1.29, 1.82) is 0 Å². The summed E-state index contributed by atoms with van der Waals surface area (Å²) in [6.45, 7) is 1.53. The molecule has 3 nitrogen and oxygen atoms in total. The van der Waals surface area contributed by atoms with Gasteiger partial charge in [0.1, 0.15) is 11.4 Å². The minimum Gasteiger partial charge on any atom is -0.506 e. The van der Waals surface area contributed by atoms with Crippen LogP contribution in [0.4, 0.5) is 24.5 Å². The lowest BCUT2D eigenvalue weighted by atomic mass is 10.1. The largest absolute Gasteiger partial charge is 0.506 e. The van der Waals surface area contributed by atoms with Crippen LogP contribution in [0, 0.1) is 6.92 Å². The van der Waals surface area contributed by atoms with Crippen LogP contribution in [0.1, 0.15) is 11.1 Å². The molecule has 24 heavy (non-hydrogen) atoms. The molecule has 1 N–H and O–H groups in total. The number of halogens is 3. The molecule has 0 unspecified atom stereocenters.